The van der Waals surface area contributed by atoms with Crippen LogP contribution in [0, 0.1) is 5.82 Å². The van der Waals surface area contributed by atoms with Crippen LogP contribution in [0.4, 0.5) is 10.1 Å². The Morgan fingerprint density at radius 1 is 1.30 bits per heavy atom. The third-order valence-electron chi connectivity index (χ3n) is 2.59. The summed E-state index contributed by atoms with van der Waals surface area (Å²) in [6.45, 7) is 0. The molecule has 0 aliphatic heterocycles. The summed E-state index contributed by atoms with van der Waals surface area (Å²) >= 11 is 3.35. The first-order valence-corrected chi connectivity index (χ1v) is 6.57. The van der Waals surface area contributed by atoms with Crippen LogP contribution in [0.15, 0.2) is 51.9 Å². The van der Waals surface area contributed by atoms with Gasteiger partial charge in [-0.2, -0.15) is 0 Å². The Balaban J connectivity index is 2.32. The molecule has 2 aromatic carbocycles. The Kier molecular flexibility index (Phi) is 4.63. The number of halogens is 2. The van der Waals surface area contributed by atoms with Crippen molar-refractivity contribution < 1.29 is 13.9 Å². The van der Waals surface area contributed by atoms with Crippen LogP contribution < -0.4 is 0 Å². The summed E-state index contributed by atoms with van der Waals surface area (Å²) < 4.78 is 19.5. The number of methoxy groups -OCH3 is 1. The van der Waals surface area contributed by atoms with E-state index in [1.54, 1.807) is 6.07 Å². The monoisotopic (exact) mass is 335 g/mol. The van der Waals surface area contributed by atoms with Gasteiger partial charge in [0.15, 0.2) is 5.82 Å². The summed E-state index contributed by atoms with van der Waals surface area (Å²) in [5.74, 6) is -1.41. The highest BCUT2D eigenvalue weighted by Crippen LogP contribution is 2.21. The van der Waals surface area contributed by atoms with Gasteiger partial charge in [-0.3, -0.25) is 4.99 Å². The van der Waals surface area contributed by atoms with Crippen LogP contribution in [0.3, 0.4) is 0 Å². The lowest BCUT2D eigenvalue weighted by Crippen LogP contribution is -2.04. The molecule has 0 unspecified atom stereocenters. The van der Waals surface area contributed by atoms with Gasteiger partial charge in [0.2, 0.25) is 0 Å². The minimum atomic E-state index is -0.720. The lowest BCUT2D eigenvalue weighted by Gasteiger charge is -2.03. The predicted octanol–water partition coefficient (Wildman–Crippen LogP) is 4.13. The zero-order chi connectivity index (χ0) is 14.5. The van der Waals surface area contributed by atoms with Gasteiger partial charge in [0, 0.05) is 10.7 Å². The van der Waals surface area contributed by atoms with Gasteiger partial charge in [0.1, 0.15) is 0 Å². The maximum absolute atomic E-state index is 14.1. The second-order valence-electron chi connectivity index (χ2n) is 3.94. The van der Waals surface area contributed by atoms with E-state index in [1.807, 2.05) is 24.3 Å². The molecule has 0 amide bonds. The molecule has 5 heteroatoms. The first-order valence-electron chi connectivity index (χ1n) is 5.78. The molecule has 0 fully saturated rings. The van der Waals surface area contributed by atoms with E-state index < -0.39 is 11.8 Å². The minimum absolute atomic E-state index is 0.0906. The van der Waals surface area contributed by atoms with Gasteiger partial charge in [0.05, 0.1) is 18.4 Å². The quantitative estimate of drug-likeness (QED) is 0.625. The summed E-state index contributed by atoms with van der Waals surface area (Å²) in [5, 5.41) is 0. The molecule has 0 spiro atoms. The molecule has 0 heterocycles. The lowest BCUT2D eigenvalue weighted by molar-refractivity contribution is 0.0595. The normalized spacial score (nSPS) is 10.8. The largest absolute Gasteiger partial charge is 0.465 e. The second-order valence-corrected chi connectivity index (χ2v) is 4.86. The molecule has 3 nitrogen and oxygen atoms in total. The van der Waals surface area contributed by atoms with Crippen LogP contribution in [0.2, 0.25) is 0 Å². The number of ether oxygens (including phenoxy) is 1. The summed E-state index contributed by atoms with van der Waals surface area (Å²) in [5.41, 5.74) is 0.784. The van der Waals surface area contributed by atoms with Crippen molar-refractivity contribution in [1.29, 1.82) is 0 Å². The number of hydrogen-bond donors (Lipinski definition) is 0. The zero-order valence-corrected chi connectivity index (χ0v) is 12.2. The van der Waals surface area contributed by atoms with Crippen molar-refractivity contribution in [2.24, 2.45) is 4.99 Å². The van der Waals surface area contributed by atoms with Crippen molar-refractivity contribution >= 4 is 33.8 Å². The van der Waals surface area contributed by atoms with Gasteiger partial charge >= 0.3 is 5.97 Å². The smallest absolute Gasteiger partial charge is 0.340 e. The van der Waals surface area contributed by atoms with Crippen molar-refractivity contribution in [3.8, 4) is 0 Å². The van der Waals surface area contributed by atoms with Crippen molar-refractivity contribution in [2.45, 2.75) is 0 Å². The topological polar surface area (TPSA) is 38.7 Å². The Bertz CT molecular complexity index is 671. The molecule has 0 N–H and O–H groups in total. The molecule has 2 aromatic rings. The zero-order valence-electron chi connectivity index (χ0n) is 10.6. The van der Waals surface area contributed by atoms with E-state index in [2.05, 4.69) is 25.7 Å². The molecule has 0 aliphatic carbocycles. The van der Waals surface area contributed by atoms with E-state index in [4.69, 9.17) is 0 Å². The Morgan fingerprint density at radius 3 is 2.75 bits per heavy atom. The highest BCUT2D eigenvalue weighted by molar-refractivity contribution is 9.10. The van der Waals surface area contributed by atoms with Gasteiger partial charge in [-0.05, 0) is 29.8 Å². The predicted molar refractivity (Wildman–Crippen MR) is 79.1 cm³/mol. The maximum Gasteiger partial charge on any atom is 0.340 e. The number of carbonyl (C=O) groups excluding carboxylic acids is 1. The molecule has 0 saturated heterocycles. The van der Waals surface area contributed by atoms with Gasteiger partial charge < -0.3 is 4.74 Å². The third kappa shape index (κ3) is 3.30. The fraction of sp³-hybridized carbons (Fsp3) is 0.0667. The van der Waals surface area contributed by atoms with Crippen LogP contribution in [0.1, 0.15) is 15.9 Å². The lowest BCUT2D eigenvalue weighted by atomic mass is 10.2. The van der Waals surface area contributed by atoms with E-state index in [0.29, 0.717) is 0 Å². The number of esters is 1. The molecule has 0 radical (unpaired) electrons. The molecule has 0 saturated carbocycles. The molecule has 0 bridgehead atoms. The number of carbonyl (C=O) groups is 1. The Morgan fingerprint density at radius 2 is 2.05 bits per heavy atom. The average molecular weight is 336 g/mol. The standard InChI is InChI=1S/C15H11BrFNO2/c1-20-15(19)12-6-3-7-13(14(12)17)18-9-10-4-2-5-11(16)8-10/h2-9H,1H3/b18-9+. The van der Waals surface area contributed by atoms with Crippen molar-refractivity contribution in [1.82, 2.24) is 0 Å². The summed E-state index contributed by atoms with van der Waals surface area (Å²) in [6.07, 6.45) is 1.53. The Hall–Kier alpha value is -2.01. The summed E-state index contributed by atoms with van der Waals surface area (Å²) in [7, 11) is 1.21. The number of rotatable bonds is 3. The van der Waals surface area contributed by atoms with Crippen molar-refractivity contribution in [3.05, 3.63) is 63.9 Å². The highest BCUT2D eigenvalue weighted by atomic mass is 79.9. The van der Waals surface area contributed by atoms with E-state index in [0.717, 1.165) is 10.0 Å². The second kappa shape index (κ2) is 6.43. The van der Waals surface area contributed by atoms with Crippen LogP contribution >= 0.6 is 15.9 Å². The Labute approximate surface area is 124 Å². The molecule has 2 rings (SSSR count). The molecular weight excluding hydrogens is 325 g/mol. The number of aliphatic imine (C=N–C) groups is 1. The van der Waals surface area contributed by atoms with Crippen LogP contribution in [0.25, 0.3) is 0 Å². The highest BCUT2D eigenvalue weighted by Gasteiger charge is 2.14. The van der Waals surface area contributed by atoms with Gasteiger partial charge in [-0.25, -0.2) is 9.18 Å². The third-order valence-corrected chi connectivity index (χ3v) is 3.08. The molecule has 0 atom stereocenters. The SMILES string of the molecule is COC(=O)c1cccc(/N=C/c2cccc(Br)c2)c1F. The molecule has 102 valence electrons. The number of nitrogens with zero attached hydrogens (tertiary/aromatic N) is 1. The maximum atomic E-state index is 14.1. The molecule has 0 aliphatic rings. The van der Waals surface area contributed by atoms with Gasteiger partial charge in [-0.15, -0.1) is 0 Å². The van der Waals surface area contributed by atoms with Gasteiger partial charge in [-0.1, -0.05) is 34.1 Å². The minimum Gasteiger partial charge on any atom is -0.465 e. The molecule has 0 aromatic heterocycles. The fourth-order valence-electron chi connectivity index (χ4n) is 1.62. The fourth-order valence-corrected chi connectivity index (χ4v) is 2.04. The van der Waals surface area contributed by atoms with E-state index in [1.165, 1.54) is 25.5 Å². The summed E-state index contributed by atoms with van der Waals surface area (Å²) in [6, 6.07) is 11.9. The first-order chi connectivity index (χ1) is 9.61. The first kappa shape index (κ1) is 14.4. The van der Waals surface area contributed by atoms with E-state index >= 15 is 0 Å². The van der Waals surface area contributed by atoms with Crippen LogP contribution in [-0.2, 0) is 4.74 Å². The average Bonchev–Trinajstić information content (AvgIpc) is 2.45. The van der Waals surface area contributed by atoms with Crippen LogP contribution in [0.5, 0.6) is 0 Å². The van der Waals surface area contributed by atoms with Crippen molar-refractivity contribution in [2.75, 3.05) is 7.11 Å². The molecular formula is C15H11BrFNO2. The van der Waals surface area contributed by atoms with Crippen LogP contribution in [-0.4, -0.2) is 19.3 Å². The van der Waals surface area contributed by atoms with Gasteiger partial charge in [0.25, 0.3) is 0 Å². The van der Waals surface area contributed by atoms with E-state index in [-0.39, 0.29) is 11.3 Å². The molecule has 20 heavy (non-hydrogen) atoms. The summed E-state index contributed by atoms with van der Waals surface area (Å²) in [4.78, 5) is 15.5. The number of hydrogen-bond acceptors (Lipinski definition) is 3. The number of benzene rings is 2. The van der Waals surface area contributed by atoms with E-state index in [9.17, 15) is 9.18 Å². The van der Waals surface area contributed by atoms with Crippen molar-refractivity contribution in [3.63, 3.8) is 0 Å².